The molecule has 1 saturated heterocycles. The average Bonchev–Trinajstić information content (AvgIpc) is 3.16. The van der Waals surface area contributed by atoms with Crippen LogP contribution in [-0.2, 0) is 14.9 Å². The Bertz CT molecular complexity index is 751. The molecule has 3 rings (SSSR count). The number of sulfonamides is 1. The van der Waals surface area contributed by atoms with Crippen molar-refractivity contribution in [1.82, 2.24) is 9.62 Å². The van der Waals surface area contributed by atoms with Crippen LogP contribution in [0.3, 0.4) is 0 Å². The summed E-state index contributed by atoms with van der Waals surface area (Å²) >= 11 is 3.59. The van der Waals surface area contributed by atoms with Crippen LogP contribution < -0.4 is 4.72 Å². The van der Waals surface area contributed by atoms with Gasteiger partial charge < -0.3 is 9.74 Å². The summed E-state index contributed by atoms with van der Waals surface area (Å²) in [6, 6.07) is 6.14. The van der Waals surface area contributed by atoms with Gasteiger partial charge in [0, 0.05) is 29.2 Å². The molecule has 24 heavy (non-hydrogen) atoms. The topological polar surface area (TPSA) is 71.0 Å². The number of nitrogens with zero attached hydrogens (tertiary/aromatic N) is 2. The summed E-state index contributed by atoms with van der Waals surface area (Å²) in [6.45, 7) is 5.13. The van der Waals surface area contributed by atoms with Gasteiger partial charge in [-0.25, -0.2) is 13.1 Å². The number of oxime groups is 1. The Balaban J connectivity index is 1.60. The second kappa shape index (κ2) is 7.01. The monoisotopic (exact) mass is 415 g/mol. The molecule has 0 amide bonds. The van der Waals surface area contributed by atoms with Crippen LogP contribution in [0.15, 0.2) is 27.8 Å². The van der Waals surface area contributed by atoms with E-state index in [1.807, 2.05) is 6.92 Å². The number of benzene rings is 1. The Hall–Kier alpha value is -1.12. The van der Waals surface area contributed by atoms with Crippen LogP contribution in [0.5, 0.6) is 0 Å². The van der Waals surface area contributed by atoms with Crippen LogP contribution in [0, 0.1) is 6.92 Å². The quantitative estimate of drug-likeness (QED) is 0.819. The van der Waals surface area contributed by atoms with Crippen molar-refractivity contribution in [3.63, 3.8) is 0 Å². The molecule has 0 aliphatic carbocycles. The first-order chi connectivity index (χ1) is 11.4. The van der Waals surface area contributed by atoms with Gasteiger partial charge in [-0.3, -0.25) is 0 Å². The van der Waals surface area contributed by atoms with E-state index in [9.17, 15) is 8.42 Å². The Morgan fingerprint density at radius 2 is 2.25 bits per heavy atom. The van der Waals surface area contributed by atoms with Gasteiger partial charge in [-0.15, -0.1) is 0 Å². The Labute approximate surface area is 151 Å². The Kier molecular flexibility index (Phi) is 5.17. The lowest BCUT2D eigenvalue weighted by Crippen LogP contribution is -2.38. The van der Waals surface area contributed by atoms with Crippen molar-refractivity contribution < 1.29 is 13.3 Å². The molecule has 8 heteroatoms. The van der Waals surface area contributed by atoms with E-state index in [1.165, 1.54) is 5.56 Å². The van der Waals surface area contributed by atoms with E-state index >= 15 is 0 Å². The predicted molar refractivity (Wildman–Crippen MR) is 97.3 cm³/mol. The van der Waals surface area contributed by atoms with Gasteiger partial charge in [-0.05, 0) is 31.9 Å². The largest absolute Gasteiger partial charge is 0.386 e. The third-order valence-electron chi connectivity index (χ3n) is 4.44. The summed E-state index contributed by atoms with van der Waals surface area (Å²) in [7, 11) is -3.17. The van der Waals surface area contributed by atoms with Gasteiger partial charge in [0.15, 0.2) is 6.10 Å². The van der Waals surface area contributed by atoms with Crippen molar-refractivity contribution in [3.8, 4) is 0 Å². The second-order valence-corrected chi connectivity index (χ2v) is 9.18. The van der Waals surface area contributed by atoms with Crippen LogP contribution in [0.4, 0.5) is 0 Å². The van der Waals surface area contributed by atoms with E-state index in [4.69, 9.17) is 4.84 Å². The maximum Gasteiger partial charge on any atom is 0.211 e. The minimum absolute atomic E-state index is 0.0530. The van der Waals surface area contributed by atoms with Crippen LogP contribution in [0.1, 0.15) is 37.0 Å². The average molecular weight is 416 g/mol. The highest BCUT2D eigenvalue weighted by Crippen LogP contribution is 2.34. The molecule has 132 valence electrons. The molecule has 0 spiro atoms. The lowest BCUT2D eigenvalue weighted by Gasteiger charge is -2.18. The summed E-state index contributed by atoms with van der Waals surface area (Å²) in [5.41, 5.74) is 2.28. The standard InChI is InChI=1S/C16H22BrN3O3S/c1-3-24(21,22)19-12-6-7-20(10-12)16-9-15(23-18-16)13-5-4-11(2)8-14(13)17/h4-5,8,12,15,19H,3,6-7,9-10H2,1-2H3/t12-,15?/m0/s1. The second-order valence-electron chi connectivity index (χ2n) is 6.28. The van der Waals surface area contributed by atoms with Crippen molar-refractivity contribution >= 4 is 31.8 Å². The van der Waals surface area contributed by atoms with E-state index in [0.29, 0.717) is 13.0 Å². The van der Waals surface area contributed by atoms with E-state index < -0.39 is 10.0 Å². The fraction of sp³-hybridized carbons (Fsp3) is 0.562. The molecule has 1 aromatic carbocycles. The third kappa shape index (κ3) is 3.92. The van der Waals surface area contributed by atoms with Crippen molar-refractivity contribution in [3.05, 3.63) is 33.8 Å². The van der Waals surface area contributed by atoms with Crippen LogP contribution in [0.25, 0.3) is 0 Å². The number of hydrogen-bond donors (Lipinski definition) is 1. The molecule has 1 fully saturated rings. The predicted octanol–water partition coefficient (Wildman–Crippen LogP) is 2.55. The molecule has 1 aromatic rings. The highest BCUT2D eigenvalue weighted by atomic mass is 79.9. The molecule has 2 aliphatic rings. The van der Waals surface area contributed by atoms with Gasteiger partial charge in [-0.1, -0.05) is 33.2 Å². The Morgan fingerprint density at radius 3 is 2.96 bits per heavy atom. The van der Waals surface area contributed by atoms with E-state index in [0.717, 1.165) is 28.8 Å². The summed E-state index contributed by atoms with van der Waals surface area (Å²) < 4.78 is 27.2. The fourth-order valence-corrected chi connectivity index (χ4v) is 4.66. The van der Waals surface area contributed by atoms with E-state index in [1.54, 1.807) is 6.92 Å². The molecule has 0 bridgehead atoms. The fourth-order valence-electron chi connectivity index (χ4n) is 3.04. The molecular formula is C16H22BrN3O3S. The number of nitrogens with one attached hydrogen (secondary N) is 1. The first-order valence-electron chi connectivity index (χ1n) is 8.11. The molecule has 1 N–H and O–H groups in total. The van der Waals surface area contributed by atoms with E-state index in [2.05, 4.69) is 48.9 Å². The highest BCUT2D eigenvalue weighted by Gasteiger charge is 2.33. The van der Waals surface area contributed by atoms with Gasteiger partial charge in [0.25, 0.3) is 0 Å². The zero-order valence-electron chi connectivity index (χ0n) is 13.8. The summed E-state index contributed by atoms with van der Waals surface area (Å²) in [5, 5.41) is 4.23. The number of rotatable bonds is 4. The molecule has 1 unspecified atom stereocenters. The number of halogens is 1. The van der Waals surface area contributed by atoms with Crippen LogP contribution in [0.2, 0.25) is 0 Å². The first kappa shape index (κ1) is 17.7. The SMILES string of the molecule is CCS(=O)(=O)N[C@H]1CCN(C2=NOC(c3ccc(C)cc3Br)C2)C1. The van der Waals surface area contributed by atoms with Gasteiger partial charge in [0.2, 0.25) is 10.0 Å². The third-order valence-corrected chi connectivity index (χ3v) is 6.57. The lowest BCUT2D eigenvalue weighted by atomic mass is 10.0. The minimum Gasteiger partial charge on any atom is -0.386 e. The maximum atomic E-state index is 11.7. The van der Waals surface area contributed by atoms with Gasteiger partial charge in [0.05, 0.1) is 12.2 Å². The molecule has 2 atom stereocenters. The van der Waals surface area contributed by atoms with Gasteiger partial charge >= 0.3 is 0 Å². The van der Waals surface area contributed by atoms with Crippen molar-refractivity contribution in [2.75, 3.05) is 18.8 Å². The molecule has 0 aromatic heterocycles. The molecule has 0 radical (unpaired) electrons. The molecule has 2 aliphatic heterocycles. The summed E-state index contributed by atoms with van der Waals surface area (Å²) in [5.74, 6) is 1.00. The highest BCUT2D eigenvalue weighted by molar-refractivity contribution is 9.10. The lowest BCUT2D eigenvalue weighted by molar-refractivity contribution is 0.0850. The Morgan fingerprint density at radius 1 is 1.46 bits per heavy atom. The van der Waals surface area contributed by atoms with Crippen LogP contribution >= 0.6 is 15.9 Å². The zero-order chi connectivity index (χ0) is 17.3. The number of aryl methyl sites for hydroxylation is 1. The molecule has 2 heterocycles. The maximum absolute atomic E-state index is 11.7. The van der Waals surface area contributed by atoms with Crippen molar-refractivity contribution in [2.24, 2.45) is 5.16 Å². The normalized spacial score (nSPS) is 24.1. The number of amidine groups is 1. The van der Waals surface area contributed by atoms with Gasteiger partial charge in [0.1, 0.15) is 5.84 Å². The number of hydrogen-bond acceptors (Lipinski definition) is 5. The molecule has 6 nitrogen and oxygen atoms in total. The number of likely N-dealkylation sites (tertiary alicyclic amines) is 1. The summed E-state index contributed by atoms with van der Waals surface area (Å²) in [6.07, 6.45) is 1.40. The zero-order valence-corrected chi connectivity index (χ0v) is 16.2. The molecule has 0 saturated carbocycles. The van der Waals surface area contributed by atoms with Gasteiger partial charge in [-0.2, -0.15) is 0 Å². The smallest absolute Gasteiger partial charge is 0.211 e. The van der Waals surface area contributed by atoms with E-state index in [-0.39, 0.29) is 17.9 Å². The minimum atomic E-state index is -3.17. The van der Waals surface area contributed by atoms with Crippen molar-refractivity contribution in [1.29, 1.82) is 0 Å². The van der Waals surface area contributed by atoms with Crippen molar-refractivity contribution in [2.45, 2.75) is 38.8 Å². The summed E-state index contributed by atoms with van der Waals surface area (Å²) in [4.78, 5) is 7.74. The first-order valence-corrected chi connectivity index (χ1v) is 10.6. The van der Waals surface area contributed by atoms with Crippen LogP contribution in [-0.4, -0.2) is 44.0 Å². The molecular weight excluding hydrogens is 394 g/mol.